The highest BCUT2D eigenvalue weighted by Gasteiger charge is 2.29. The average molecular weight is 198 g/mol. The van der Waals surface area contributed by atoms with Crippen molar-refractivity contribution in [2.45, 2.75) is 25.3 Å². The van der Waals surface area contributed by atoms with Gasteiger partial charge in [0.25, 0.3) is 0 Å². The van der Waals surface area contributed by atoms with Crippen LogP contribution in [0, 0.1) is 5.92 Å². The van der Waals surface area contributed by atoms with Gasteiger partial charge in [0, 0.05) is 19.1 Å². The number of hydrogen-bond acceptors (Lipinski definition) is 3. The molecule has 0 aromatic rings. The van der Waals surface area contributed by atoms with Crippen molar-refractivity contribution in [1.82, 2.24) is 10.2 Å². The van der Waals surface area contributed by atoms with Crippen LogP contribution in [0.25, 0.3) is 0 Å². The van der Waals surface area contributed by atoms with Crippen LogP contribution in [0.4, 0.5) is 0 Å². The smallest absolute Gasteiger partial charge is 0.0594 e. The Morgan fingerprint density at radius 3 is 2.79 bits per heavy atom. The molecule has 2 fully saturated rings. The lowest BCUT2D eigenvalue weighted by Gasteiger charge is -2.32. The van der Waals surface area contributed by atoms with E-state index in [-0.39, 0.29) is 0 Å². The van der Waals surface area contributed by atoms with Crippen LogP contribution in [0.1, 0.15) is 19.3 Å². The second kappa shape index (κ2) is 5.10. The summed E-state index contributed by atoms with van der Waals surface area (Å²) in [5.41, 5.74) is 0. The Labute approximate surface area is 86.8 Å². The molecule has 14 heavy (non-hydrogen) atoms. The summed E-state index contributed by atoms with van der Waals surface area (Å²) in [6, 6.07) is 0.845. The number of rotatable bonds is 3. The third-order valence-corrected chi connectivity index (χ3v) is 3.57. The zero-order valence-corrected chi connectivity index (χ0v) is 9.17. The van der Waals surface area contributed by atoms with E-state index in [1.165, 1.54) is 25.8 Å². The van der Waals surface area contributed by atoms with Crippen molar-refractivity contribution in [3.63, 3.8) is 0 Å². The minimum Gasteiger partial charge on any atom is -0.379 e. The normalized spacial score (nSPS) is 34.9. The van der Waals surface area contributed by atoms with E-state index in [0.29, 0.717) is 0 Å². The summed E-state index contributed by atoms with van der Waals surface area (Å²) in [4.78, 5) is 2.62. The molecule has 1 saturated heterocycles. The molecule has 1 aliphatic heterocycles. The lowest BCUT2D eigenvalue weighted by molar-refractivity contribution is 0.0172. The van der Waals surface area contributed by atoms with Crippen molar-refractivity contribution < 1.29 is 4.74 Å². The molecule has 0 aromatic heterocycles. The van der Waals surface area contributed by atoms with Crippen molar-refractivity contribution >= 4 is 0 Å². The summed E-state index contributed by atoms with van der Waals surface area (Å²) < 4.78 is 5.38. The standard InChI is InChI=1S/C11H22N2O/c1-12-9-10-2-3-11(8-10)13-4-6-14-7-5-13/h10-12H,2-9H2,1H3. The highest BCUT2D eigenvalue weighted by atomic mass is 16.5. The Morgan fingerprint density at radius 1 is 1.29 bits per heavy atom. The molecule has 0 radical (unpaired) electrons. The molecule has 0 bridgehead atoms. The molecule has 3 nitrogen and oxygen atoms in total. The molecular weight excluding hydrogens is 176 g/mol. The largest absolute Gasteiger partial charge is 0.379 e. The molecule has 1 N–H and O–H groups in total. The van der Waals surface area contributed by atoms with Crippen LogP contribution < -0.4 is 5.32 Å². The fraction of sp³-hybridized carbons (Fsp3) is 1.00. The predicted octanol–water partition coefficient (Wildman–Crippen LogP) is 0.707. The van der Waals surface area contributed by atoms with Gasteiger partial charge in [-0.2, -0.15) is 0 Å². The number of morpholine rings is 1. The van der Waals surface area contributed by atoms with Gasteiger partial charge in [-0.3, -0.25) is 4.90 Å². The van der Waals surface area contributed by atoms with Gasteiger partial charge in [0.15, 0.2) is 0 Å². The average Bonchev–Trinajstić information content (AvgIpc) is 2.68. The SMILES string of the molecule is CNCC1CCC(N2CCOCC2)C1. The first-order chi connectivity index (χ1) is 6.90. The zero-order valence-electron chi connectivity index (χ0n) is 9.17. The molecule has 0 amide bonds. The van der Waals surface area contributed by atoms with Crippen molar-refractivity contribution in [3.05, 3.63) is 0 Å². The van der Waals surface area contributed by atoms with E-state index in [1.54, 1.807) is 0 Å². The lowest BCUT2D eigenvalue weighted by Crippen LogP contribution is -2.42. The number of ether oxygens (including phenoxy) is 1. The Kier molecular flexibility index (Phi) is 3.79. The summed E-state index contributed by atoms with van der Waals surface area (Å²) in [6.07, 6.45) is 4.19. The third kappa shape index (κ3) is 2.47. The van der Waals surface area contributed by atoms with Gasteiger partial charge in [-0.15, -0.1) is 0 Å². The van der Waals surface area contributed by atoms with Crippen molar-refractivity contribution in [3.8, 4) is 0 Å². The molecule has 1 saturated carbocycles. The van der Waals surface area contributed by atoms with E-state index in [9.17, 15) is 0 Å². The van der Waals surface area contributed by atoms with Gasteiger partial charge in [-0.25, -0.2) is 0 Å². The van der Waals surface area contributed by atoms with E-state index in [4.69, 9.17) is 4.74 Å². The van der Waals surface area contributed by atoms with Crippen LogP contribution in [-0.4, -0.2) is 50.8 Å². The third-order valence-electron chi connectivity index (χ3n) is 3.57. The number of nitrogens with one attached hydrogen (secondary N) is 1. The molecule has 2 unspecified atom stereocenters. The van der Waals surface area contributed by atoms with E-state index in [1.807, 2.05) is 0 Å². The molecule has 0 spiro atoms. The second-order valence-corrected chi connectivity index (χ2v) is 4.54. The van der Waals surface area contributed by atoms with Crippen LogP contribution in [0.3, 0.4) is 0 Å². The van der Waals surface area contributed by atoms with Crippen molar-refractivity contribution in [1.29, 1.82) is 0 Å². The van der Waals surface area contributed by atoms with Gasteiger partial charge < -0.3 is 10.1 Å². The molecule has 1 aliphatic carbocycles. The summed E-state index contributed by atoms with van der Waals surface area (Å²) >= 11 is 0. The predicted molar refractivity (Wildman–Crippen MR) is 57.4 cm³/mol. The van der Waals surface area contributed by atoms with Crippen LogP contribution in [-0.2, 0) is 4.74 Å². The maximum Gasteiger partial charge on any atom is 0.0594 e. The number of hydrogen-bond donors (Lipinski definition) is 1. The van der Waals surface area contributed by atoms with E-state index in [0.717, 1.165) is 38.3 Å². The van der Waals surface area contributed by atoms with Crippen LogP contribution >= 0.6 is 0 Å². The summed E-state index contributed by atoms with van der Waals surface area (Å²) in [5.74, 6) is 0.910. The fourth-order valence-corrected chi connectivity index (χ4v) is 2.80. The minimum absolute atomic E-state index is 0.845. The van der Waals surface area contributed by atoms with E-state index < -0.39 is 0 Å². The molecule has 2 rings (SSSR count). The Balaban J connectivity index is 1.76. The van der Waals surface area contributed by atoms with E-state index >= 15 is 0 Å². The summed E-state index contributed by atoms with van der Waals surface area (Å²) in [7, 11) is 2.06. The first-order valence-corrected chi connectivity index (χ1v) is 5.86. The van der Waals surface area contributed by atoms with Crippen molar-refractivity contribution in [2.75, 3.05) is 39.9 Å². The molecule has 3 heteroatoms. The van der Waals surface area contributed by atoms with Gasteiger partial charge in [0.05, 0.1) is 13.2 Å². The summed E-state index contributed by atoms with van der Waals surface area (Å²) in [5, 5.41) is 3.29. The maximum atomic E-state index is 5.38. The van der Waals surface area contributed by atoms with Crippen LogP contribution in [0.15, 0.2) is 0 Å². The molecule has 1 heterocycles. The maximum absolute atomic E-state index is 5.38. The zero-order chi connectivity index (χ0) is 9.80. The fourth-order valence-electron chi connectivity index (χ4n) is 2.80. The van der Waals surface area contributed by atoms with Gasteiger partial charge in [0.2, 0.25) is 0 Å². The molecular formula is C11H22N2O. The molecule has 82 valence electrons. The molecule has 0 aromatic carbocycles. The van der Waals surface area contributed by atoms with Gasteiger partial charge >= 0.3 is 0 Å². The van der Waals surface area contributed by atoms with Gasteiger partial charge in [-0.1, -0.05) is 0 Å². The summed E-state index contributed by atoms with van der Waals surface area (Å²) in [6.45, 7) is 5.37. The Hall–Kier alpha value is -0.120. The highest BCUT2D eigenvalue weighted by molar-refractivity contribution is 4.84. The molecule has 2 atom stereocenters. The van der Waals surface area contributed by atoms with Crippen LogP contribution in [0.5, 0.6) is 0 Å². The Bertz CT molecular complexity index is 169. The van der Waals surface area contributed by atoms with Gasteiger partial charge in [0.1, 0.15) is 0 Å². The highest BCUT2D eigenvalue weighted by Crippen LogP contribution is 2.29. The van der Waals surface area contributed by atoms with Crippen molar-refractivity contribution in [2.24, 2.45) is 5.92 Å². The second-order valence-electron chi connectivity index (χ2n) is 4.54. The minimum atomic E-state index is 0.845. The number of nitrogens with zero attached hydrogens (tertiary/aromatic N) is 1. The quantitative estimate of drug-likeness (QED) is 0.723. The first kappa shape index (κ1) is 10.4. The first-order valence-electron chi connectivity index (χ1n) is 5.86. The Morgan fingerprint density at radius 2 is 2.07 bits per heavy atom. The molecule has 2 aliphatic rings. The van der Waals surface area contributed by atoms with Crippen LogP contribution in [0.2, 0.25) is 0 Å². The monoisotopic (exact) mass is 198 g/mol. The van der Waals surface area contributed by atoms with Gasteiger partial charge in [-0.05, 0) is 38.8 Å². The lowest BCUT2D eigenvalue weighted by atomic mass is 10.1. The topological polar surface area (TPSA) is 24.5 Å². The van der Waals surface area contributed by atoms with E-state index in [2.05, 4.69) is 17.3 Å².